The van der Waals surface area contributed by atoms with Gasteiger partial charge in [0.2, 0.25) is 0 Å². The van der Waals surface area contributed by atoms with Gasteiger partial charge in [0, 0.05) is 19.0 Å². The molecule has 1 heterocycles. The Bertz CT molecular complexity index is 583. The summed E-state index contributed by atoms with van der Waals surface area (Å²) in [5.41, 5.74) is 1.15. The highest BCUT2D eigenvalue weighted by Gasteiger charge is 2.14. The van der Waals surface area contributed by atoms with Crippen LogP contribution in [0.4, 0.5) is 0 Å². The highest BCUT2D eigenvalue weighted by Crippen LogP contribution is 2.23. The van der Waals surface area contributed by atoms with E-state index in [9.17, 15) is 4.79 Å². The molecule has 0 radical (unpaired) electrons. The largest absolute Gasteiger partial charge is 0.340 e. The van der Waals surface area contributed by atoms with Crippen molar-refractivity contribution in [2.45, 2.75) is 13.3 Å². The van der Waals surface area contributed by atoms with E-state index in [1.165, 1.54) is 0 Å². The fourth-order valence-electron chi connectivity index (χ4n) is 1.87. The van der Waals surface area contributed by atoms with Gasteiger partial charge in [-0.25, -0.2) is 4.98 Å². The maximum Gasteiger partial charge on any atom is 0.272 e. The first-order valence-electron chi connectivity index (χ1n) is 5.94. The summed E-state index contributed by atoms with van der Waals surface area (Å²) < 4.78 is 0. The van der Waals surface area contributed by atoms with Gasteiger partial charge in [-0.2, -0.15) is 0 Å². The van der Waals surface area contributed by atoms with Crippen LogP contribution in [-0.2, 0) is 0 Å². The molecular weight excluding hydrogens is 248 g/mol. The van der Waals surface area contributed by atoms with Gasteiger partial charge in [-0.15, -0.1) is 0 Å². The molecule has 0 aliphatic carbocycles. The summed E-state index contributed by atoms with van der Waals surface area (Å²) in [4.78, 5) is 18.2. The summed E-state index contributed by atoms with van der Waals surface area (Å²) in [6.07, 6.45) is 0.920. The van der Waals surface area contributed by atoms with Crippen molar-refractivity contribution in [3.63, 3.8) is 0 Å². The van der Waals surface area contributed by atoms with Crippen LogP contribution in [0, 0.1) is 0 Å². The standard InChI is InChI=1S/C14H15ClN2O/c1-3-8-17(2)14(18)13-9-11(15)10-6-4-5-7-12(10)16-13/h4-7,9H,3,8H2,1-2H3. The van der Waals surface area contributed by atoms with Gasteiger partial charge in [-0.3, -0.25) is 4.79 Å². The number of aromatic nitrogens is 1. The zero-order chi connectivity index (χ0) is 13.1. The Hall–Kier alpha value is -1.61. The Morgan fingerprint density at radius 1 is 1.39 bits per heavy atom. The van der Waals surface area contributed by atoms with Crippen LogP contribution in [0.2, 0.25) is 5.02 Å². The third kappa shape index (κ3) is 2.46. The fraction of sp³-hybridized carbons (Fsp3) is 0.286. The number of nitrogens with zero attached hydrogens (tertiary/aromatic N) is 2. The van der Waals surface area contributed by atoms with Crippen molar-refractivity contribution < 1.29 is 4.79 Å². The molecule has 18 heavy (non-hydrogen) atoms. The lowest BCUT2D eigenvalue weighted by atomic mass is 10.2. The summed E-state index contributed by atoms with van der Waals surface area (Å²) in [5.74, 6) is -0.0931. The number of para-hydroxylation sites is 1. The number of benzene rings is 1. The summed E-state index contributed by atoms with van der Waals surface area (Å²) in [6, 6.07) is 9.18. The lowest BCUT2D eigenvalue weighted by Gasteiger charge is -2.15. The molecule has 0 spiro atoms. The monoisotopic (exact) mass is 262 g/mol. The van der Waals surface area contributed by atoms with Crippen LogP contribution in [0.25, 0.3) is 10.9 Å². The minimum Gasteiger partial charge on any atom is -0.340 e. The van der Waals surface area contributed by atoms with Crippen molar-refractivity contribution in [1.29, 1.82) is 0 Å². The number of fused-ring (bicyclic) bond motifs is 1. The normalized spacial score (nSPS) is 10.6. The first-order valence-corrected chi connectivity index (χ1v) is 6.32. The molecule has 0 fully saturated rings. The van der Waals surface area contributed by atoms with Crippen molar-refractivity contribution >= 4 is 28.4 Å². The van der Waals surface area contributed by atoms with E-state index >= 15 is 0 Å². The molecule has 0 bridgehead atoms. The molecule has 94 valence electrons. The van der Waals surface area contributed by atoms with Gasteiger partial charge in [0.15, 0.2) is 0 Å². The maximum atomic E-state index is 12.1. The number of pyridine rings is 1. The quantitative estimate of drug-likeness (QED) is 0.850. The van der Waals surface area contributed by atoms with Gasteiger partial charge < -0.3 is 4.90 Å². The molecule has 1 aromatic heterocycles. The molecule has 1 amide bonds. The molecule has 2 aromatic rings. The average molecular weight is 263 g/mol. The summed E-state index contributed by atoms with van der Waals surface area (Å²) in [7, 11) is 1.77. The van der Waals surface area contributed by atoms with Gasteiger partial charge in [-0.05, 0) is 18.6 Å². The molecular formula is C14H15ClN2O. The van der Waals surface area contributed by atoms with Crippen molar-refractivity contribution in [3.05, 3.63) is 41.0 Å². The molecule has 0 unspecified atom stereocenters. The summed E-state index contributed by atoms with van der Waals surface area (Å²) in [6.45, 7) is 2.75. The summed E-state index contributed by atoms with van der Waals surface area (Å²) in [5, 5.41) is 1.43. The van der Waals surface area contributed by atoms with Crippen LogP contribution < -0.4 is 0 Å². The highest BCUT2D eigenvalue weighted by molar-refractivity contribution is 6.35. The Balaban J connectivity index is 2.43. The van der Waals surface area contributed by atoms with Gasteiger partial charge in [0.25, 0.3) is 5.91 Å². The predicted molar refractivity (Wildman–Crippen MR) is 74.0 cm³/mol. The minimum absolute atomic E-state index is 0.0931. The maximum absolute atomic E-state index is 12.1. The molecule has 3 nitrogen and oxygen atoms in total. The average Bonchev–Trinajstić information content (AvgIpc) is 2.38. The molecule has 0 saturated heterocycles. The van der Waals surface area contributed by atoms with Crippen molar-refractivity contribution in [2.75, 3.05) is 13.6 Å². The Morgan fingerprint density at radius 3 is 2.83 bits per heavy atom. The second-order valence-electron chi connectivity index (χ2n) is 4.23. The molecule has 4 heteroatoms. The van der Waals surface area contributed by atoms with E-state index in [4.69, 9.17) is 11.6 Å². The van der Waals surface area contributed by atoms with Crippen LogP contribution in [-0.4, -0.2) is 29.4 Å². The molecule has 0 aliphatic rings. The van der Waals surface area contributed by atoms with E-state index in [1.807, 2.05) is 31.2 Å². The van der Waals surface area contributed by atoms with Gasteiger partial charge in [0.1, 0.15) is 5.69 Å². The zero-order valence-corrected chi connectivity index (χ0v) is 11.2. The second kappa shape index (κ2) is 5.36. The van der Waals surface area contributed by atoms with Crippen LogP contribution in [0.1, 0.15) is 23.8 Å². The highest BCUT2D eigenvalue weighted by atomic mass is 35.5. The number of hydrogen-bond donors (Lipinski definition) is 0. The number of rotatable bonds is 3. The Kier molecular flexibility index (Phi) is 3.82. The van der Waals surface area contributed by atoms with E-state index in [0.717, 1.165) is 17.3 Å². The first kappa shape index (κ1) is 12.8. The molecule has 0 N–H and O–H groups in total. The number of amides is 1. The fourth-order valence-corrected chi connectivity index (χ4v) is 2.14. The zero-order valence-electron chi connectivity index (χ0n) is 10.5. The van der Waals surface area contributed by atoms with Gasteiger partial charge >= 0.3 is 0 Å². The molecule has 2 rings (SSSR count). The van der Waals surface area contributed by atoms with Crippen LogP contribution in [0.15, 0.2) is 30.3 Å². The number of halogens is 1. The number of carbonyl (C=O) groups is 1. The van der Waals surface area contributed by atoms with Crippen LogP contribution >= 0.6 is 11.6 Å². The van der Waals surface area contributed by atoms with Gasteiger partial charge in [-0.1, -0.05) is 36.7 Å². The molecule has 0 atom stereocenters. The third-order valence-electron chi connectivity index (χ3n) is 2.79. The lowest BCUT2D eigenvalue weighted by Crippen LogP contribution is -2.28. The first-order chi connectivity index (χ1) is 8.63. The van der Waals surface area contributed by atoms with Crippen molar-refractivity contribution in [1.82, 2.24) is 9.88 Å². The van der Waals surface area contributed by atoms with Crippen molar-refractivity contribution in [3.8, 4) is 0 Å². The third-order valence-corrected chi connectivity index (χ3v) is 3.10. The Labute approximate surface area is 111 Å². The smallest absolute Gasteiger partial charge is 0.272 e. The molecule has 0 saturated carbocycles. The van der Waals surface area contributed by atoms with Gasteiger partial charge in [0.05, 0.1) is 10.5 Å². The molecule has 1 aromatic carbocycles. The van der Waals surface area contributed by atoms with E-state index in [-0.39, 0.29) is 5.91 Å². The second-order valence-corrected chi connectivity index (χ2v) is 4.64. The van der Waals surface area contributed by atoms with E-state index in [0.29, 0.717) is 17.3 Å². The van der Waals surface area contributed by atoms with Crippen molar-refractivity contribution in [2.24, 2.45) is 0 Å². The topological polar surface area (TPSA) is 33.2 Å². The number of carbonyl (C=O) groups excluding carboxylic acids is 1. The minimum atomic E-state index is -0.0931. The predicted octanol–water partition coefficient (Wildman–Crippen LogP) is 3.37. The van der Waals surface area contributed by atoms with E-state index in [2.05, 4.69) is 4.98 Å². The van der Waals surface area contributed by atoms with E-state index in [1.54, 1.807) is 18.0 Å². The van der Waals surface area contributed by atoms with Crippen LogP contribution in [0.5, 0.6) is 0 Å². The number of hydrogen-bond acceptors (Lipinski definition) is 2. The van der Waals surface area contributed by atoms with E-state index < -0.39 is 0 Å². The summed E-state index contributed by atoms with van der Waals surface area (Å²) >= 11 is 6.18. The Morgan fingerprint density at radius 2 is 2.11 bits per heavy atom. The molecule has 0 aliphatic heterocycles. The SMILES string of the molecule is CCCN(C)C(=O)c1cc(Cl)c2ccccc2n1. The lowest BCUT2D eigenvalue weighted by molar-refractivity contribution is 0.0790. The van der Waals surface area contributed by atoms with Crippen LogP contribution in [0.3, 0.4) is 0 Å².